The second-order valence-corrected chi connectivity index (χ2v) is 7.82. The highest BCUT2D eigenvalue weighted by atomic mass is 32.2. The van der Waals surface area contributed by atoms with Gasteiger partial charge in [-0.15, -0.1) is 5.10 Å². The molecule has 0 saturated heterocycles. The van der Waals surface area contributed by atoms with Gasteiger partial charge in [0, 0.05) is 0 Å². The first kappa shape index (κ1) is 21.0. The Labute approximate surface area is 185 Å². The predicted molar refractivity (Wildman–Crippen MR) is 118 cm³/mol. The molecule has 0 fully saturated rings. The van der Waals surface area contributed by atoms with Crippen molar-refractivity contribution in [3.8, 4) is 22.8 Å². The van der Waals surface area contributed by atoms with Gasteiger partial charge in [0.1, 0.15) is 5.75 Å². The maximum Gasteiger partial charge on any atom is 0.237 e. The molecular formula is C22H24N6O2S. The summed E-state index contributed by atoms with van der Waals surface area (Å²) in [5, 5.41) is 16.9. The summed E-state index contributed by atoms with van der Waals surface area (Å²) in [4.78, 5) is 4.51. The van der Waals surface area contributed by atoms with Crippen molar-refractivity contribution in [1.29, 1.82) is 0 Å². The van der Waals surface area contributed by atoms with Crippen molar-refractivity contribution in [3.05, 3.63) is 60.0 Å². The highest BCUT2D eigenvalue weighted by Gasteiger charge is 2.15. The summed E-state index contributed by atoms with van der Waals surface area (Å²) in [7, 11) is 0. The number of unbranched alkanes of at least 4 members (excludes halogenated alkanes) is 1. The molecule has 4 aromatic rings. The van der Waals surface area contributed by atoms with Crippen molar-refractivity contribution >= 4 is 11.8 Å². The molecule has 0 aliphatic heterocycles. The molecule has 0 aliphatic carbocycles. The zero-order valence-electron chi connectivity index (χ0n) is 17.6. The molecule has 9 heteroatoms. The van der Waals surface area contributed by atoms with Crippen LogP contribution in [0.15, 0.2) is 58.2 Å². The summed E-state index contributed by atoms with van der Waals surface area (Å²) in [6.45, 7) is 4.71. The van der Waals surface area contributed by atoms with Crippen molar-refractivity contribution in [2.75, 3.05) is 6.61 Å². The number of nitrogens with zero attached hydrogens (tertiary/aromatic N) is 6. The van der Waals surface area contributed by atoms with Gasteiger partial charge < -0.3 is 9.26 Å². The van der Waals surface area contributed by atoms with Gasteiger partial charge in [0.15, 0.2) is 0 Å². The molecule has 0 saturated carbocycles. The van der Waals surface area contributed by atoms with E-state index < -0.39 is 0 Å². The minimum Gasteiger partial charge on any atom is -0.493 e. The lowest BCUT2D eigenvalue weighted by atomic mass is 10.1. The molecule has 8 nitrogen and oxygen atoms in total. The van der Waals surface area contributed by atoms with Crippen LogP contribution >= 0.6 is 11.8 Å². The van der Waals surface area contributed by atoms with E-state index in [0.717, 1.165) is 23.4 Å². The van der Waals surface area contributed by atoms with Gasteiger partial charge in [0.05, 0.1) is 23.6 Å². The van der Waals surface area contributed by atoms with Gasteiger partial charge in [-0.25, -0.2) is 0 Å². The van der Waals surface area contributed by atoms with E-state index in [2.05, 4.69) is 44.7 Å². The van der Waals surface area contributed by atoms with Gasteiger partial charge in [0.2, 0.25) is 16.9 Å². The van der Waals surface area contributed by atoms with Gasteiger partial charge in [0.25, 0.3) is 0 Å². The maximum absolute atomic E-state index is 5.66. The third kappa shape index (κ3) is 5.11. The lowest BCUT2D eigenvalue weighted by molar-refractivity contribution is 0.341. The fourth-order valence-electron chi connectivity index (χ4n) is 3.10. The molecule has 2 aromatic carbocycles. The topological polar surface area (TPSA) is 91.8 Å². The van der Waals surface area contributed by atoms with E-state index in [1.165, 1.54) is 30.2 Å². The zero-order chi connectivity index (χ0) is 21.5. The maximum atomic E-state index is 5.66. The highest BCUT2D eigenvalue weighted by molar-refractivity contribution is 7.98. The smallest absolute Gasteiger partial charge is 0.237 e. The first-order valence-electron chi connectivity index (χ1n) is 10.3. The second kappa shape index (κ2) is 10.2. The Morgan fingerprint density at radius 2 is 1.90 bits per heavy atom. The largest absolute Gasteiger partial charge is 0.493 e. The third-order valence-electron chi connectivity index (χ3n) is 4.66. The molecule has 0 spiro atoms. The van der Waals surface area contributed by atoms with Crippen molar-refractivity contribution in [1.82, 2.24) is 30.3 Å². The molecule has 0 N–H and O–H groups in total. The molecule has 0 aliphatic rings. The average molecular weight is 437 g/mol. The summed E-state index contributed by atoms with van der Waals surface area (Å²) in [6.07, 6.45) is 3.45. The number of aryl methyl sites for hydroxylation is 1. The van der Waals surface area contributed by atoms with Crippen LogP contribution in [0, 0.1) is 0 Å². The molecule has 2 aromatic heterocycles. The van der Waals surface area contributed by atoms with E-state index in [-0.39, 0.29) is 0 Å². The van der Waals surface area contributed by atoms with E-state index in [1.54, 1.807) is 4.68 Å². The molecule has 0 amide bonds. The quantitative estimate of drug-likeness (QED) is 0.329. The molecule has 4 rings (SSSR count). The zero-order valence-corrected chi connectivity index (χ0v) is 18.4. The van der Waals surface area contributed by atoms with Gasteiger partial charge in [-0.3, -0.25) is 0 Å². The summed E-state index contributed by atoms with van der Waals surface area (Å²) < 4.78 is 12.8. The van der Waals surface area contributed by atoms with Crippen LogP contribution in [0.3, 0.4) is 0 Å². The molecule has 0 atom stereocenters. The molecule has 160 valence electrons. The summed E-state index contributed by atoms with van der Waals surface area (Å²) in [5.41, 5.74) is 3.04. The Kier molecular flexibility index (Phi) is 6.93. The van der Waals surface area contributed by atoms with Gasteiger partial charge in [-0.2, -0.15) is 9.67 Å². The van der Waals surface area contributed by atoms with Crippen LogP contribution < -0.4 is 4.74 Å². The molecule has 2 heterocycles. The predicted octanol–water partition coefficient (Wildman–Crippen LogP) is 4.75. The van der Waals surface area contributed by atoms with Crippen molar-refractivity contribution in [2.24, 2.45) is 0 Å². The van der Waals surface area contributed by atoms with Crippen molar-refractivity contribution in [3.63, 3.8) is 0 Å². The lowest BCUT2D eigenvalue weighted by Gasteiger charge is -2.06. The molecule has 31 heavy (non-hydrogen) atoms. The second-order valence-electron chi connectivity index (χ2n) is 6.87. The monoisotopic (exact) mass is 436 g/mol. The Morgan fingerprint density at radius 3 is 2.71 bits per heavy atom. The van der Waals surface area contributed by atoms with Gasteiger partial charge >= 0.3 is 0 Å². The van der Waals surface area contributed by atoms with Crippen LogP contribution in [0.4, 0.5) is 0 Å². The third-order valence-corrected chi connectivity index (χ3v) is 5.57. The number of tetrazole rings is 1. The van der Waals surface area contributed by atoms with E-state index in [1.807, 2.05) is 43.3 Å². The normalized spacial score (nSPS) is 11.0. The van der Waals surface area contributed by atoms with Crippen LogP contribution in [-0.2, 0) is 12.2 Å². The first-order valence-corrected chi connectivity index (χ1v) is 11.3. The number of thioether (sulfide) groups is 1. The first-order chi connectivity index (χ1) is 15.3. The van der Waals surface area contributed by atoms with Crippen LogP contribution in [0.2, 0.25) is 0 Å². The van der Waals surface area contributed by atoms with Crippen molar-refractivity contribution in [2.45, 2.75) is 44.0 Å². The van der Waals surface area contributed by atoms with Crippen LogP contribution in [0.25, 0.3) is 17.1 Å². The number of aromatic nitrogens is 6. The van der Waals surface area contributed by atoms with E-state index in [9.17, 15) is 0 Å². The number of ether oxygens (including phenoxy) is 1. The Hall–Kier alpha value is -3.20. The molecular weight excluding hydrogens is 412 g/mol. The van der Waals surface area contributed by atoms with Crippen LogP contribution in [-0.4, -0.2) is 37.0 Å². The summed E-state index contributed by atoms with van der Waals surface area (Å²) in [5.74, 6) is 2.19. The standard InChI is InChI=1S/C22H24N6O2S/c1-3-5-8-16-11-13-17(14-12-16)28-22(24-26-27-28)31-15-20-23-21(25-30-20)18-9-6-7-10-19(18)29-4-2/h6-7,9-14H,3-5,8,15H2,1-2H3. The number of hydrogen-bond donors (Lipinski definition) is 0. The minimum atomic E-state index is 0.457. The Bertz CT molecular complexity index is 1110. The summed E-state index contributed by atoms with van der Waals surface area (Å²) >= 11 is 1.44. The van der Waals surface area contributed by atoms with Crippen molar-refractivity contribution < 1.29 is 9.26 Å². The van der Waals surface area contributed by atoms with Crippen LogP contribution in [0.1, 0.15) is 38.1 Å². The summed E-state index contributed by atoms with van der Waals surface area (Å²) in [6, 6.07) is 16.0. The van der Waals surface area contributed by atoms with Gasteiger partial charge in [-0.05, 0) is 60.0 Å². The van der Waals surface area contributed by atoms with Gasteiger partial charge in [-0.1, -0.05) is 54.5 Å². The van der Waals surface area contributed by atoms with E-state index in [0.29, 0.717) is 29.2 Å². The number of hydrogen-bond acceptors (Lipinski definition) is 8. The Morgan fingerprint density at radius 1 is 1.06 bits per heavy atom. The SMILES string of the molecule is CCCCc1ccc(-n2nnnc2SCc2nc(-c3ccccc3OCC)no2)cc1. The Balaban J connectivity index is 1.44. The highest BCUT2D eigenvalue weighted by Crippen LogP contribution is 2.29. The molecule has 0 bridgehead atoms. The number of para-hydroxylation sites is 1. The van der Waals surface area contributed by atoms with E-state index in [4.69, 9.17) is 9.26 Å². The number of rotatable bonds is 10. The lowest BCUT2D eigenvalue weighted by Crippen LogP contribution is -1.99. The number of benzene rings is 2. The minimum absolute atomic E-state index is 0.457. The molecule has 0 radical (unpaired) electrons. The fraction of sp³-hybridized carbons (Fsp3) is 0.318. The fourth-order valence-corrected chi connectivity index (χ4v) is 3.83. The average Bonchev–Trinajstić information content (AvgIpc) is 3.47. The van der Waals surface area contributed by atoms with Crippen LogP contribution in [0.5, 0.6) is 5.75 Å². The molecule has 0 unspecified atom stereocenters. The van der Waals surface area contributed by atoms with E-state index >= 15 is 0 Å².